The molecule has 0 unspecified atom stereocenters. The third kappa shape index (κ3) is 3.80. The topological polar surface area (TPSA) is 0 Å². The minimum atomic E-state index is -0.535. The summed E-state index contributed by atoms with van der Waals surface area (Å²) in [5.74, 6) is 0.503. The lowest BCUT2D eigenvalue weighted by atomic mass is 9.77. The molecule has 0 amide bonds. The second-order valence-electron chi connectivity index (χ2n) is 6.75. The zero-order valence-corrected chi connectivity index (χ0v) is 13.7. The summed E-state index contributed by atoms with van der Waals surface area (Å²) in [6.45, 7) is 2.26. The summed E-state index contributed by atoms with van der Waals surface area (Å²) in [7, 11) is 0. The fourth-order valence-corrected chi connectivity index (χ4v) is 3.85. The van der Waals surface area contributed by atoms with E-state index in [1.807, 2.05) is 12.1 Å². The highest BCUT2D eigenvalue weighted by molar-refractivity contribution is 5.64. The zero-order chi connectivity index (χ0) is 16.2. The minimum absolute atomic E-state index is 0.463. The van der Waals surface area contributed by atoms with Gasteiger partial charge in [0.1, 0.15) is 11.6 Å². The van der Waals surface area contributed by atoms with Gasteiger partial charge in [-0.15, -0.1) is 0 Å². The molecule has 2 heteroatoms. The fraction of sp³-hybridized carbons (Fsp3) is 0.429. The summed E-state index contributed by atoms with van der Waals surface area (Å²) in [6.07, 6.45) is 7.81. The van der Waals surface area contributed by atoms with E-state index >= 15 is 0 Å². The van der Waals surface area contributed by atoms with Crippen molar-refractivity contribution in [3.05, 3.63) is 59.7 Å². The van der Waals surface area contributed by atoms with Crippen LogP contribution < -0.4 is 0 Å². The van der Waals surface area contributed by atoms with E-state index in [-0.39, 0.29) is 0 Å². The van der Waals surface area contributed by atoms with Crippen LogP contribution in [0.25, 0.3) is 11.1 Å². The highest BCUT2D eigenvalue weighted by Crippen LogP contribution is 2.38. The molecule has 0 atom stereocenters. The second kappa shape index (κ2) is 7.25. The van der Waals surface area contributed by atoms with E-state index in [1.54, 1.807) is 0 Å². The molecule has 0 N–H and O–H groups in total. The third-order valence-electron chi connectivity index (χ3n) is 5.17. The monoisotopic (exact) mass is 314 g/mol. The number of halogens is 2. The van der Waals surface area contributed by atoms with Crippen molar-refractivity contribution >= 4 is 0 Å². The lowest BCUT2D eigenvalue weighted by molar-refractivity contribution is 0.308. The lowest BCUT2D eigenvalue weighted by Gasteiger charge is -2.28. The quantitative estimate of drug-likeness (QED) is 0.588. The normalized spacial score (nSPS) is 21.3. The predicted molar refractivity (Wildman–Crippen MR) is 91.4 cm³/mol. The van der Waals surface area contributed by atoms with Crippen molar-refractivity contribution in [1.82, 2.24) is 0 Å². The Balaban J connectivity index is 1.70. The van der Waals surface area contributed by atoms with E-state index in [2.05, 4.69) is 19.1 Å². The molecule has 3 rings (SSSR count). The van der Waals surface area contributed by atoms with Crippen molar-refractivity contribution in [3.8, 4) is 11.1 Å². The lowest BCUT2D eigenvalue weighted by Crippen LogP contribution is -2.13. The summed E-state index contributed by atoms with van der Waals surface area (Å²) in [6, 6.07) is 11.9. The molecule has 0 spiro atoms. The second-order valence-corrected chi connectivity index (χ2v) is 6.75. The Bertz CT molecular complexity index is 637. The van der Waals surface area contributed by atoms with Crippen LogP contribution in [-0.4, -0.2) is 0 Å². The molecule has 1 aliphatic carbocycles. The van der Waals surface area contributed by atoms with Gasteiger partial charge in [0.15, 0.2) is 0 Å². The van der Waals surface area contributed by atoms with Crippen LogP contribution in [0.3, 0.4) is 0 Å². The highest BCUT2D eigenvalue weighted by atomic mass is 19.1. The van der Waals surface area contributed by atoms with Crippen LogP contribution in [-0.2, 0) is 0 Å². The van der Waals surface area contributed by atoms with Gasteiger partial charge in [-0.3, -0.25) is 0 Å². The van der Waals surface area contributed by atoms with Crippen LogP contribution in [0.1, 0.15) is 56.9 Å². The molecule has 1 fully saturated rings. The average Bonchev–Trinajstić information content (AvgIpc) is 2.56. The average molecular weight is 314 g/mol. The van der Waals surface area contributed by atoms with Crippen LogP contribution in [0.15, 0.2) is 42.5 Å². The summed E-state index contributed by atoms with van der Waals surface area (Å²) in [5.41, 5.74) is 2.63. The molecular weight excluding hydrogens is 290 g/mol. The number of rotatable bonds is 4. The molecule has 0 heterocycles. The number of hydrogen-bond donors (Lipinski definition) is 0. The van der Waals surface area contributed by atoms with Gasteiger partial charge in [0.2, 0.25) is 0 Å². The van der Waals surface area contributed by atoms with Gasteiger partial charge in [-0.1, -0.05) is 44.0 Å². The maximum absolute atomic E-state index is 13.9. The first-order chi connectivity index (χ1) is 11.2. The van der Waals surface area contributed by atoms with E-state index in [1.165, 1.54) is 56.2 Å². The molecule has 0 aliphatic heterocycles. The molecule has 23 heavy (non-hydrogen) atoms. The molecule has 122 valence electrons. The Kier molecular flexibility index (Phi) is 5.09. The van der Waals surface area contributed by atoms with E-state index in [9.17, 15) is 8.78 Å². The number of hydrogen-bond acceptors (Lipinski definition) is 0. The molecule has 0 radical (unpaired) electrons. The Hall–Kier alpha value is -1.70. The number of benzene rings is 2. The molecule has 1 aliphatic rings. The maximum Gasteiger partial charge on any atom is 0.133 e. The highest BCUT2D eigenvalue weighted by Gasteiger charge is 2.21. The maximum atomic E-state index is 13.9. The van der Waals surface area contributed by atoms with E-state index in [0.29, 0.717) is 11.5 Å². The van der Waals surface area contributed by atoms with Gasteiger partial charge in [-0.05, 0) is 60.8 Å². The van der Waals surface area contributed by atoms with E-state index in [0.717, 1.165) is 17.5 Å². The van der Waals surface area contributed by atoms with Gasteiger partial charge < -0.3 is 0 Å². The largest absolute Gasteiger partial charge is 0.207 e. The van der Waals surface area contributed by atoms with Gasteiger partial charge >= 0.3 is 0 Å². The molecule has 0 bridgehead atoms. The first-order valence-corrected chi connectivity index (χ1v) is 8.72. The molecule has 0 aromatic heterocycles. The Labute approximate surface area is 137 Å². The zero-order valence-electron chi connectivity index (χ0n) is 13.7. The van der Waals surface area contributed by atoms with Crippen LogP contribution in [0.5, 0.6) is 0 Å². The predicted octanol–water partition coefficient (Wildman–Crippen LogP) is 6.71. The summed E-state index contributed by atoms with van der Waals surface area (Å²) >= 11 is 0. The molecule has 0 nitrogen and oxygen atoms in total. The van der Waals surface area contributed by atoms with Gasteiger partial charge in [0, 0.05) is 11.6 Å². The van der Waals surface area contributed by atoms with Crippen LogP contribution >= 0.6 is 0 Å². The molecule has 1 saturated carbocycles. The van der Waals surface area contributed by atoms with Gasteiger partial charge in [0.05, 0.1) is 0 Å². The molecule has 0 saturated heterocycles. The Morgan fingerprint density at radius 1 is 0.913 bits per heavy atom. The third-order valence-corrected chi connectivity index (χ3v) is 5.17. The summed E-state index contributed by atoms with van der Waals surface area (Å²) in [5, 5.41) is 0. The first-order valence-electron chi connectivity index (χ1n) is 8.72. The van der Waals surface area contributed by atoms with Crippen LogP contribution in [0, 0.1) is 17.6 Å². The standard InChI is InChI=1S/C21H24F2/c1-2-3-15-4-6-16(7-5-15)17-8-10-18(11-9-17)20-13-12-19(22)14-21(20)23/h8-16H,2-7H2,1H3/t15-,16-. The van der Waals surface area contributed by atoms with Crippen molar-refractivity contribution in [2.45, 2.75) is 51.4 Å². The van der Waals surface area contributed by atoms with Crippen molar-refractivity contribution < 1.29 is 8.78 Å². The summed E-state index contributed by atoms with van der Waals surface area (Å²) < 4.78 is 26.9. The first kappa shape index (κ1) is 16.2. The summed E-state index contributed by atoms with van der Waals surface area (Å²) in [4.78, 5) is 0. The van der Waals surface area contributed by atoms with Crippen molar-refractivity contribution in [1.29, 1.82) is 0 Å². The van der Waals surface area contributed by atoms with Gasteiger partial charge in [0.25, 0.3) is 0 Å². The van der Waals surface area contributed by atoms with E-state index in [4.69, 9.17) is 0 Å². The Morgan fingerprint density at radius 3 is 2.22 bits per heavy atom. The molecule has 2 aromatic rings. The van der Waals surface area contributed by atoms with Crippen molar-refractivity contribution in [3.63, 3.8) is 0 Å². The van der Waals surface area contributed by atoms with Crippen LogP contribution in [0.2, 0.25) is 0 Å². The van der Waals surface area contributed by atoms with Gasteiger partial charge in [-0.25, -0.2) is 8.78 Å². The van der Waals surface area contributed by atoms with E-state index < -0.39 is 11.6 Å². The minimum Gasteiger partial charge on any atom is -0.207 e. The van der Waals surface area contributed by atoms with Crippen molar-refractivity contribution in [2.75, 3.05) is 0 Å². The SMILES string of the molecule is CCC[C@H]1CC[C@H](c2ccc(-c3ccc(F)cc3F)cc2)CC1. The fourth-order valence-electron chi connectivity index (χ4n) is 3.85. The Morgan fingerprint density at radius 2 is 1.61 bits per heavy atom. The van der Waals surface area contributed by atoms with Gasteiger partial charge in [-0.2, -0.15) is 0 Å². The molecular formula is C21H24F2. The molecule has 2 aromatic carbocycles. The van der Waals surface area contributed by atoms with Crippen molar-refractivity contribution in [2.24, 2.45) is 5.92 Å². The smallest absolute Gasteiger partial charge is 0.133 e. The van der Waals surface area contributed by atoms with Crippen LogP contribution in [0.4, 0.5) is 8.78 Å².